The number of piperidine rings is 1. The van der Waals surface area contributed by atoms with Crippen LogP contribution in [0.1, 0.15) is 36.8 Å². The number of aromatic nitrogens is 1. The summed E-state index contributed by atoms with van der Waals surface area (Å²) in [6.07, 6.45) is 6.62. The Labute approximate surface area is 230 Å². The van der Waals surface area contributed by atoms with E-state index in [-0.39, 0.29) is 4.90 Å². The number of rotatable bonds is 8. The SMILES string of the molecule is CCc1ccc(OC[C@H](O)CN2CCC(c3cccnc3)CC2)cc1.O=S(=O)(O)c1cccc2ccccc12. The van der Waals surface area contributed by atoms with Crippen LogP contribution in [0.2, 0.25) is 0 Å². The lowest BCUT2D eigenvalue weighted by atomic mass is 9.90. The Morgan fingerprint density at radius 2 is 1.69 bits per heavy atom. The Morgan fingerprint density at radius 3 is 2.36 bits per heavy atom. The monoisotopic (exact) mass is 548 g/mol. The van der Waals surface area contributed by atoms with E-state index in [0.29, 0.717) is 24.5 Å². The third-order valence-corrected chi connectivity index (χ3v) is 7.93. The van der Waals surface area contributed by atoms with E-state index < -0.39 is 16.2 Å². The molecule has 0 amide bonds. The zero-order valence-electron chi connectivity index (χ0n) is 22.2. The minimum absolute atomic E-state index is 0.0457. The molecule has 206 valence electrons. The molecule has 1 aliphatic rings. The van der Waals surface area contributed by atoms with Gasteiger partial charge in [-0.15, -0.1) is 0 Å². The number of aliphatic hydroxyl groups excluding tert-OH is 1. The van der Waals surface area contributed by atoms with Gasteiger partial charge >= 0.3 is 0 Å². The topological polar surface area (TPSA) is 100.0 Å². The Hall–Kier alpha value is -3.30. The molecule has 1 fully saturated rings. The average Bonchev–Trinajstić information content (AvgIpc) is 2.97. The summed E-state index contributed by atoms with van der Waals surface area (Å²) in [5.41, 5.74) is 2.63. The summed E-state index contributed by atoms with van der Waals surface area (Å²) in [6, 6.07) is 24.1. The number of likely N-dealkylation sites (tertiary alicyclic amines) is 1. The van der Waals surface area contributed by atoms with E-state index >= 15 is 0 Å². The number of fused-ring (bicyclic) bond motifs is 1. The summed E-state index contributed by atoms with van der Waals surface area (Å²) in [4.78, 5) is 6.51. The molecule has 0 unspecified atom stereocenters. The van der Waals surface area contributed by atoms with Crippen LogP contribution in [0.5, 0.6) is 5.75 Å². The average molecular weight is 549 g/mol. The van der Waals surface area contributed by atoms with Crippen molar-refractivity contribution in [2.24, 2.45) is 0 Å². The summed E-state index contributed by atoms with van der Waals surface area (Å²) in [7, 11) is -4.13. The van der Waals surface area contributed by atoms with Crippen molar-refractivity contribution >= 4 is 20.9 Å². The summed E-state index contributed by atoms with van der Waals surface area (Å²) in [5.74, 6) is 1.42. The van der Waals surface area contributed by atoms with Crippen molar-refractivity contribution < 1.29 is 22.8 Å². The number of aryl methyl sites for hydroxylation is 1. The molecule has 0 saturated carbocycles. The quantitative estimate of drug-likeness (QED) is 0.286. The lowest BCUT2D eigenvalue weighted by Gasteiger charge is -2.33. The molecule has 2 N–H and O–H groups in total. The summed E-state index contributed by atoms with van der Waals surface area (Å²) < 4.78 is 36.7. The lowest BCUT2D eigenvalue weighted by molar-refractivity contribution is 0.0594. The molecule has 4 aromatic rings. The maximum Gasteiger partial charge on any atom is 0.295 e. The Kier molecular flexibility index (Phi) is 10.1. The Balaban J connectivity index is 0.000000212. The van der Waals surface area contributed by atoms with Gasteiger partial charge in [0.2, 0.25) is 0 Å². The second kappa shape index (κ2) is 13.7. The van der Waals surface area contributed by atoms with Crippen molar-refractivity contribution in [3.8, 4) is 5.75 Å². The molecule has 1 atom stereocenters. The van der Waals surface area contributed by atoms with Gasteiger partial charge in [0.15, 0.2) is 0 Å². The number of pyridine rings is 1. The van der Waals surface area contributed by atoms with Gasteiger partial charge in [-0.2, -0.15) is 8.42 Å². The first kappa shape index (κ1) is 28.7. The van der Waals surface area contributed by atoms with Gasteiger partial charge < -0.3 is 14.7 Å². The van der Waals surface area contributed by atoms with Crippen molar-refractivity contribution in [2.75, 3.05) is 26.2 Å². The number of nitrogens with zero attached hydrogens (tertiary/aromatic N) is 2. The van der Waals surface area contributed by atoms with E-state index in [0.717, 1.165) is 43.5 Å². The second-order valence-electron chi connectivity index (χ2n) is 9.78. The molecule has 1 aliphatic heterocycles. The highest BCUT2D eigenvalue weighted by Gasteiger charge is 2.22. The van der Waals surface area contributed by atoms with Gasteiger partial charge in [0, 0.05) is 24.3 Å². The van der Waals surface area contributed by atoms with Crippen molar-refractivity contribution in [2.45, 2.75) is 43.1 Å². The van der Waals surface area contributed by atoms with E-state index in [4.69, 9.17) is 9.29 Å². The predicted molar refractivity (Wildman–Crippen MR) is 154 cm³/mol. The molecular weight excluding hydrogens is 512 g/mol. The molecule has 0 bridgehead atoms. The fraction of sp³-hybridized carbons (Fsp3) is 0.323. The largest absolute Gasteiger partial charge is 0.491 e. The van der Waals surface area contributed by atoms with E-state index in [1.54, 1.807) is 30.3 Å². The van der Waals surface area contributed by atoms with Gasteiger partial charge in [-0.05, 0) is 79.0 Å². The van der Waals surface area contributed by atoms with Crippen LogP contribution < -0.4 is 4.74 Å². The zero-order valence-corrected chi connectivity index (χ0v) is 23.0. The van der Waals surface area contributed by atoms with Crippen molar-refractivity contribution in [3.63, 3.8) is 0 Å². The number of aliphatic hydroxyl groups is 1. The Morgan fingerprint density at radius 1 is 0.974 bits per heavy atom. The Bertz CT molecular complexity index is 1420. The molecule has 2 heterocycles. The van der Waals surface area contributed by atoms with E-state index in [1.165, 1.54) is 17.2 Å². The van der Waals surface area contributed by atoms with E-state index in [2.05, 4.69) is 35.0 Å². The van der Waals surface area contributed by atoms with Crippen LogP contribution in [0.15, 0.2) is 96.2 Å². The van der Waals surface area contributed by atoms with Crippen LogP contribution in [0.25, 0.3) is 10.8 Å². The van der Waals surface area contributed by atoms with Gasteiger partial charge in [-0.1, -0.05) is 61.5 Å². The van der Waals surface area contributed by atoms with Crippen molar-refractivity contribution in [1.82, 2.24) is 9.88 Å². The minimum Gasteiger partial charge on any atom is -0.491 e. The normalized spacial score (nSPS) is 15.4. The minimum atomic E-state index is -4.13. The molecule has 7 nitrogen and oxygen atoms in total. The van der Waals surface area contributed by atoms with Crippen LogP contribution in [0, 0.1) is 0 Å². The first-order valence-corrected chi connectivity index (χ1v) is 14.7. The van der Waals surface area contributed by atoms with Gasteiger partial charge in [0.1, 0.15) is 23.4 Å². The predicted octanol–water partition coefficient (Wildman–Crippen LogP) is 5.35. The third-order valence-electron chi connectivity index (χ3n) is 7.01. The fourth-order valence-corrected chi connectivity index (χ4v) is 5.57. The molecule has 3 aromatic carbocycles. The lowest BCUT2D eigenvalue weighted by Crippen LogP contribution is -2.40. The van der Waals surface area contributed by atoms with Crippen LogP contribution in [0.4, 0.5) is 0 Å². The standard InChI is InChI=1S/C21H28N2O2.C10H8O3S/c1-2-17-5-7-21(8-6-17)25-16-20(24)15-23-12-9-18(10-13-23)19-4-3-11-22-14-19;11-14(12,13)10-7-3-5-8-4-1-2-6-9(8)10/h3-8,11,14,18,20,24H,2,9-10,12-13,15-16H2,1H3;1-7H,(H,11,12,13)/t20-;/m1./s1. The number of benzene rings is 3. The smallest absolute Gasteiger partial charge is 0.295 e. The van der Waals surface area contributed by atoms with Crippen LogP contribution in [0.3, 0.4) is 0 Å². The van der Waals surface area contributed by atoms with Crippen LogP contribution in [-0.2, 0) is 16.5 Å². The van der Waals surface area contributed by atoms with Gasteiger partial charge in [-0.25, -0.2) is 0 Å². The molecule has 0 aliphatic carbocycles. The molecule has 39 heavy (non-hydrogen) atoms. The summed E-state index contributed by atoms with van der Waals surface area (Å²) in [6.45, 7) is 5.18. The summed E-state index contributed by atoms with van der Waals surface area (Å²) >= 11 is 0. The number of β-amino-alcohol motifs (C(OH)–C–C–N with tert-alkyl or cyclic N) is 1. The third kappa shape index (κ3) is 8.34. The molecule has 0 radical (unpaired) electrons. The van der Waals surface area contributed by atoms with Crippen molar-refractivity contribution in [3.05, 3.63) is 102 Å². The highest BCUT2D eigenvalue weighted by molar-refractivity contribution is 7.86. The second-order valence-corrected chi connectivity index (χ2v) is 11.2. The van der Waals surface area contributed by atoms with Gasteiger partial charge in [-0.3, -0.25) is 9.54 Å². The molecule has 0 spiro atoms. The van der Waals surface area contributed by atoms with E-state index in [9.17, 15) is 13.5 Å². The van der Waals surface area contributed by atoms with Gasteiger partial charge in [0.25, 0.3) is 10.1 Å². The zero-order chi connectivity index (χ0) is 27.7. The summed E-state index contributed by atoms with van der Waals surface area (Å²) in [5, 5.41) is 11.6. The van der Waals surface area contributed by atoms with Crippen LogP contribution in [-0.4, -0.2) is 60.3 Å². The fourth-order valence-electron chi connectivity index (χ4n) is 4.85. The number of hydrogen-bond acceptors (Lipinski definition) is 6. The van der Waals surface area contributed by atoms with Gasteiger partial charge in [0.05, 0.1) is 0 Å². The highest BCUT2D eigenvalue weighted by Crippen LogP contribution is 2.27. The number of hydrogen-bond donors (Lipinski definition) is 2. The highest BCUT2D eigenvalue weighted by atomic mass is 32.2. The molecule has 5 rings (SSSR count). The first-order chi connectivity index (χ1) is 18.8. The molecule has 8 heteroatoms. The molecule has 1 saturated heterocycles. The van der Waals surface area contributed by atoms with Crippen molar-refractivity contribution in [1.29, 1.82) is 0 Å². The van der Waals surface area contributed by atoms with Crippen LogP contribution >= 0.6 is 0 Å². The maximum atomic E-state index is 11.0. The number of ether oxygens (including phenoxy) is 1. The maximum absolute atomic E-state index is 11.0. The molecular formula is C31H36N2O5S. The van der Waals surface area contributed by atoms with E-state index in [1.807, 2.05) is 36.7 Å². The first-order valence-electron chi connectivity index (χ1n) is 13.3. The molecule has 1 aromatic heterocycles.